The summed E-state index contributed by atoms with van der Waals surface area (Å²) in [6, 6.07) is 14.1. The minimum absolute atomic E-state index is 0.0565. The number of hydrogen-bond donors (Lipinski definition) is 1. The van der Waals surface area contributed by atoms with Crippen LogP contribution in [-0.2, 0) is 11.3 Å². The Morgan fingerprint density at radius 2 is 1.90 bits per heavy atom. The number of carbonyl (C=O) groups excluding carboxylic acids is 1. The molecule has 0 saturated carbocycles. The van der Waals surface area contributed by atoms with Gasteiger partial charge in [-0.05, 0) is 30.7 Å². The van der Waals surface area contributed by atoms with Crippen LogP contribution in [0, 0.1) is 17.0 Å². The van der Waals surface area contributed by atoms with Crippen LogP contribution in [0.2, 0.25) is 0 Å². The molecule has 2 heterocycles. The summed E-state index contributed by atoms with van der Waals surface area (Å²) in [5.41, 5.74) is 3.19. The molecule has 1 aromatic heterocycles. The molecular weight excluding hydrogens is 400 g/mol. The highest BCUT2D eigenvalue weighted by atomic mass is 16.6. The Kier molecular flexibility index (Phi) is 5.89. The quantitative estimate of drug-likeness (QED) is 0.478. The molecule has 2 aromatic carbocycles. The number of hydrogen-bond acceptors (Lipinski definition) is 7. The van der Waals surface area contributed by atoms with Crippen LogP contribution in [0.25, 0.3) is 5.69 Å². The van der Waals surface area contributed by atoms with Crippen molar-refractivity contribution in [3.8, 4) is 5.69 Å². The lowest BCUT2D eigenvalue weighted by atomic mass is 10.2. The van der Waals surface area contributed by atoms with Crippen LogP contribution in [0.3, 0.4) is 0 Å². The molecule has 4 rings (SSSR count). The fraction of sp³-hybridized carbons (Fsp3) is 0.286. The van der Waals surface area contributed by atoms with Gasteiger partial charge in [-0.1, -0.05) is 23.4 Å². The zero-order chi connectivity index (χ0) is 21.8. The van der Waals surface area contributed by atoms with Crippen molar-refractivity contribution < 1.29 is 14.5 Å². The van der Waals surface area contributed by atoms with Gasteiger partial charge in [0.2, 0.25) is 0 Å². The van der Waals surface area contributed by atoms with Gasteiger partial charge in [-0.2, -0.15) is 0 Å². The summed E-state index contributed by atoms with van der Waals surface area (Å²) in [4.78, 5) is 25.4. The van der Waals surface area contributed by atoms with Crippen molar-refractivity contribution in [3.05, 3.63) is 75.6 Å². The summed E-state index contributed by atoms with van der Waals surface area (Å²) >= 11 is 0. The van der Waals surface area contributed by atoms with Gasteiger partial charge in [0.05, 0.1) is 29.5 Å². The number of aromatic nitrogens is 3. The van der Waals surface area contributed by atoms with E-state index in [4.69, 9.17) is 4.74 Å². The van der Waals surface area contributed by atoms with Gasteiger partial charge in [0.1, 0.15) is 0 Å². The molecule has 10 nitrogen and oxygen atoms in total. The largest absolute Gasteiger partial charge is 0.378 e. The number of non-ortho nitro benzene ring substituents is 1. The maximum atomic E-state index is 12.6. The second-order valence-electron chi connectivity index (χ2n) is 7.16. The molecule has 1 saturated heterocycles. The highest BCUT2D eigenvalue weighted by Gasteiger charge is 2.18. The zero-order valence-electron chi connectivity index (χ0n) is 17.0. The smallest absolute Gasteiger partial charge is 0.274 e. The molecule has 0 aliphatic carbocycles. The van der Waals surface area contributed by atoms with Crippen molar-refractivity contribution in [3.63, 3.8) is 0 Å². The summed E-state index contributed by atoms with van der Waals surface area (Å²) in [5, 5.41) is 21.8. The third kappa shape index (κ3) is 4.53. The number of nitrogens with one attached hydrogen (secondary N) is 1. The molecule has 160 valence electrons. The average molecular weight is 422 g/mol. The summed E-state index contributed by atoms with van der Waals surface area (Å²) < 4.78 is 6.79. The maximum Gasteiger partial charge on any atom is 0.274 e. The molecule has 0 spiro atoms. The van der Waals surface area contributed by atoms with Crippen LogP contribution in [-0.4, -0.2) is 52.1 Å². The first-order chi connectivity index (χ1) is 15.0. The van der Waals surface area contributed by atoms with E-state index < -0.39 is 4.92 Å². The standard InChI is InChI=1S/C21H22N6O4/c1-15-20(23-24-26(15)18-3-2-4-19(13-18)27(29)30)21(28)22-14-16-5-7-17(8-6-16)25-9-11-31-12-10-25/h2-8,13H,9-12,14H2,1H3,(H,22,28). The van der Waals surface area contributed by atoms with E-state index in [1.165, 1.54) is 16.8 Å². The fourth-order valence-corrected chi connectivity index (χ4v) is 3.43. The number of morpholine rings is 1. The Labute approximate surface area is 178 Å². The second kappa shape index (κ2) is 8.92. The van der Waals surface area contributed by atoms with E-state index in [2.05, 4.69) is 20.5 Å². The zero-order valence-corrected chi connectivity index (χ0v) is 17.0. The van der Waals surface area contributed by atoms with Gasteiger partial charge in [-0.25, -0.2) is 4.68 Å². The topological polar surface area (TPSA) is 115 Å². The molecule has 1 aliphatic rings. The normalized spacial score (nSPS) is 13.8. The Morgan fingerprint density at radius 1 is 1.16 bits per heavy atom. The molecule has 0 unspecified atom stereocenters. The Balaban J connectivity index is 1.41. The molecule has 1 N–H and O–H groups in total. The Hall–Kier alpha value is -3.79. The molecule has 0 radical (unpaired) electrons. The van der Waals surface area contributed by atoms with E-state index in [1.54, 1.807) is 19.1 Å². The van der Waals surface area contributed by atoms with Crippen molar-refractivity contribution in [2.45, 2.75) is 13.5 Å². The van der Waals surface area contributed by atoms with E-state index in [-0.39, 0.29) is 17.3 Å². The number of nitro benzene ring substituents is 1. The number of rotatable bonds is 6. The fourth-order valence-electron chi connectivity index (χ4n) is 3.43. The van der Waals surface area contributed by atoms with Crippen LogP contribution < -0.4 is 10.2 Å². The first-order valence-corrected chi connectivity index (χ1v) is 9.90. The molecule has 1 aliphatic heterocycles. The van der Waals surface area contributed by atoms with Gasteiger partial charge < -0.3 is 15.0 Å². The molecular formula is C21H22N6O4. The number of nitrogens with zero attached hydrogens (tertiary/aromatic N) is 5. The van der Waals surface area contributed by atoms with Crippen molar-refractivity contribution in [2.24, 2.45) is 0 Å². The van der Waals surface area contributed by atoms with Crippen LogP contribution in [0.4, 0.5) is 11.4 Å². The minimum Gasteiger partial charge on any atom is -0.378 e. The number of anilines is 1. The van der Waals surface area contributed by atoms with Crippen LogP contribution in [0.15, 0.2) is 48.5 Å². The molecule has 1 amide bonds. The monoisotopic (exact) mass is 422 g/mol. The lowest BCUT2D eigenvalue weighted by molar-refractivity contribution is -0.384. The lowest BCUT2D eigenvalue weighted by Gasteiger charge is -2.28. The lowest BCUT2D eigenvalue weighted by Crippen LogP contribution is -2.36. The molecule has 10 heteroatoms. The predicted molar refractivity (Wildman–Crippen MR) is 113 cm³/mol. The summed E-state index contributed by atoms with van der Waals surface area (Å²) in [6.07, 6.45) is 0. The molecule has 0 atom stereocenters. The van der Waals surface area contributed by atoms with Gasteiger partial charge in [0.15, 0.2) is 5.69 Å². The number of nitro groups is 1. The van der Waals surface area contributed by atoms with E-state index in [1.807, 2.05) is 24.3 Å². The summed E-state index contributed by atoms with van der Waals surface area (Å²) in [7, 11) is 0. The number of carbonyl (C=O) groups is 1. The summed E-state index contributed by atoms with van der Waals surface area (Å²) in [6.45, 7) is 5.25. The molecule has 1 fully saturated rings. The highest BCUT2D eigenvalue weighted by molar-refractivity contribution is 5.93. The Morgan fingerprint density at radius 3 is 2.61 bits per heavy atom. The number of benzene rings is 2. The minimum atomic E-state index is -0.478. The SMILES string of the molecule is Cc1c(C(=O)NCc2ccc(N3CCOCC3)cc2)nnn1-c1cccc([N+](=O)[O-])c1. The van der Waals surface area contributed by atoms with Gasteiger partial charge in [0.25, 0.3) is 11.6 Å². The molecule has 31 heavy (non-hydrogen) atoms. The van der Waals surface area contributed by atoms with Crippen molar-refractivity contribution in [2.75, 3.05) is 31.2 Å². The molecule has 0 bridgehead atoms. The Bertz CT molecular complexity index is 1090. The first kappa shape index (κ1) is 20.5. The van der Waals surface area contributed by atoms with Crippen LogP contribution in [0.1, 0.15) is 21.7 Å². The third-order valence-electron chi connectivity index (χ3n) is 5.16. The van der Waals surface area contributed by atoms with E-state index in [0.29, 0.717) is 17.9 Å². The number of amides is 1. The van der Waals surface area contributed by atoms with Gasteiger partial charge >= 0.3 is 0 Å². The number of ether oxygens (including phenoxy) is 1. The summed E-state index contributed by atoms with van der Waals surface area (Å²) in [5.74, 6) is -0.355. The van der Waals surface area contributed by atoms with Gasteiger partial charge in [-0.3, -0.25) is 14.9 Å². The van der Waals surface area contributed by atoms with E-state index in [0.717, 1.165) is 37.6 Å². The van der Waals surface area contributed by atoms with Crippen molar-refractivity contribution in [1.82, 2.24) is 20.3 Å². The van der Waals surface area contributed by atoms with Gasteiger partial charge in [0, 0.05) is 37.5 Å². The van der Waals surface area contributed by atoms with Crippen molar-refractivity contribution in [1.29, 1.82) is 0 Å². The highest BCUT2D eigenvalue weighted by Crippen LogP contribution is 2.19. The van der Waals surface area contributed by atoms with Crippen LogP contribution >= 0.6 is 0 Å². The molecule has 3 aromatic rings. The average Bonchev–Trinajstić information content (AvgIpc) is 3.20. The van der Waals surface area contributed by atoms with Crippen molar-refractivity contribution >= 4 is 17.3 Å². The first-order valence-electron chi connectivity index (χ1n) is 9.90. The second-order valence-corrected chi connectivity index (χ2v) is 7.16. The van der Waals surface area contributed by atoms with E-state index in [9.17, 15) is 14.9 Å². The third-order valence-corrected chi connectivity index (χ3v) is 5.16. The predicted octanol–water partition coefficient (Wildman–Crippen LogP) is 2.25. The van der Waals surface area contributed by atoms with Gasteiger partial charge in [-0.15, -0.1) is 5.10 Å². The van der Waals surface area contributed by atoms with E-state index >= 15 is 0 Å². The van der Waals surface area contributed by atoms with Crippen LogP contribution in [0.5, 0.6) is 0 Å². The maximum absolute atomic E-state index is 12.6.